The number of rotatable bonds is 3. The van der Waals surface area contributed by atoms with E-state index in [2.05, 4.69) is 29.2 Å². The minimum absolute atomic E-state index is 0.0407. The molecule has 0 amide bonds. The van der Waals surface area contributed by atoms with Crippen molar-refractivity contribution in [3.05, 3.63) is 35.4 Å². The molecule has 1 saturated carbocycles. The van der Waals surface area contributed by atoms with Gasteiger partial charge in [-0.2, -0.15) is 0 Å². The summed E-state index contributed by atoms with van der Waals surface area (Å²) in [5, 5.41) is 0. The topological polar surface area (TPSA) is 29.3 Å². The van der Waals surface area contributed by atoms with E-state index in [9.17, 15) is 0 Å². The molecule has 1 aromatic carbocycles. The van der Waals surface area contributed by atoms with Gasteiger partial charge < -0.3 is 5.73 Å². The van der Waals surface area contributed by atoms with Gasteiger partial charge in [0, 0.05) is 12.1 Å². The Labute approximate surface area is 110 Å². The molecule has 0 bridgehead atoms. The summed E-state index contributed by atoms with van der Waals surface area (Å²) < 4.78 is 0. The Balaban J connectivity index is 1.76. The van der Waals surface area contributed by atoms with E-state index in [1.54, 1.807) is 0 Å². The van der Waals surface area contributed by atoms with Crippen LogP contribution in [0.2, 0.25) is 0 Å². The van der Waals surface area contributed by atoms with E-state index in [-0.39, 0.29) is 5.54 Å². The monoisotopic (exact) mass is 244 g/mol. The lowest BCUT2D eigenvalue weighted by atomic mass is 9.88. The van der Waals surface area contributed by atoms with Gasteiger partial charge in [-0.25, -0.2) is 0 Å². The van der Waals surface area contributed by atoms with E-state index < -0.39 is 0 Å². The van der Waals surface area contributed by atoms with E-state index in [0.717, 1.165) is 19.4 Å². The van der Waals surface area contributed by atoms with Crippen LogP contribution in [-0.4, -0.2) is 18.0 Å². The third kappa shape index (κ3) is 2.45. The van der Waals surface area contributed by atoms with Crippen molar-refractivity contribution in [2.45, 2.75) is 50.6 Å². The molecule has 1 saturated heterocycles. The van der Waals surface area contributed by atoms with Crippen molar-refractivity contribution in [1.82, 2.24) is 4.90 Å². The molecule has 2 heteroatoms. The van der Waals surface area contributed by atoms with Gasteiger partial charge in [-0.05, 0) is 49.9 Å². The summed E-state index contributed by atoms with van der Waals surface area (Å²) in [6.07, 6.45) is 7.60. The average molecular weight is 244 g/mol. The second-order valence-electron chi connectivity index (χ2n) is 6.05. The zero-order valence-electron chi connectivity index (χ0n) is 11.2. The molecule has 2 fully saturated rings. The molecule has 0 atom stereocenters. The maximum absolute atomic E-state index is 6.54. The summed E-state index contributed by atoms with van der Waals surface area (Å²) in [6, 6.07) is 9.01. The van der Waals surface area contributed by atoms with E-state index >= 15 is 0 Å². The predicted octanol–water partition coefficient (Wildman–Crippen LogP) is 3.01. The van der Waals surface area contributed by atoms with Crippen LogP contribution in [0.1, 0.15) is 49.7 Å². The van der Waals surface area contributed by atoms with E-state index in [1.165, 1.54) is 49.9 Å². The van der Waals surface area contributed by atoms with Crippen LogP contribution in [0.5, 0.6) is 0 Å². The van der Waals surface area contributed by atoms with Crippen molar-refractivity contribution in [2.75, 3.05) is 13.1 Å². The van der Waals surface area contributed by atoms with Crippen LogP contribution in [0.15, 0.2) is 24.3 Å². The molecule has 98 valence electrons. The molecule has 0 unspecified atom stereocenters. The van der Waals surface area contributed by atoms with Gasteiger partial charge in [0.05, 0.1) is 0 Å². The standard InChI is InChI=1S/C16H24N2/c17-16(8-1-2-9-16)15-7-5-6-14(12-15)13-18-10-3-4-11-18/h5-7,12H,1-4,8-11,13,17H2. The normalized spacial score (nSPS) is 23.6. The van der Waals surface area contributed by atoms with Gasteiger partial charge >= 0.3 is 0 Å². The van der Waals surface area contributed by atoms with Crippen molar-refractivity contribution >= 4 is 0 Å². The molecule has 1 heterocycles. The maximum atomic E-state index is 6.54. The van der Waals surface area contributed by atoms with Gasteiger partial charge in [0.2, 0.25) is 0 Å². The first-order valence-corrected chi connectivity index (χ1v) is 7.37. The summed E-state index contributed by atoms with van der Waals surface area (Å²) in [5.74, 6) is 0. The Morgan fingerprint density at radius 3 is 2.50 bits per heavy atom. The fraction of sp³-hybridized carbons (Fsp3) is 0.625. The molecule has 18 heavy (non-hydrogen) atoms. The minimum Gasteiger partial charge on any atom is -0.321 e. The summed E-state index contributed by atoms with van der Waals surface area (Å²) in [4.78, 5) is 2.55. The first kappa shape index (κ1) is 12.2. The third-order valence-electron chi connectivity index (χ3n) is 4.60. The zero-order valence-corrected chi connectivity index (χ0v) is 11.2. The van der Waals surface area contributed by atoms with E-state index in [4.69, 9.17) is 5.73 Å². The second kappa shape index (κ2) is 5.02. The Morgan fingerprint density at radius 1 is 1.06 bits per heavy atom. The molecular weight excluding hydrogens is 220 g/mol. The second-order valence-corrected chi connectivity index (χ2v) is 6.05. The van der Waals surface area contributed by atoms with Gasteiger partial charge in [-0.15, -0.1) is 0 Å². The molecule has 1 aliphatic carbocycles. The lowest BCUT2D eigenvalue weighted by Crippen LogP contribution is -2.33. The summed E-state index contributed by atoms with van der Waals surface area (Å²) in [6.45, 7) is 3.62. The number of nitrogens with two attached hydrogens (primary N) is 1. The van der Waals surface area contributed by atoms with Crippen molar-refractivity contribution < 1.29 is 0 Å². The highest BCUT2D eigenvalue weighted by atomic mass is 15.1. The van der Waals surface area contributed by atoms with Gasteiger partial charge in [-0.1, -0.05) is 37.1 Å². The Kier molecular flexibility index (Phi) is 3.40. The summed E-state index contributed by atoms with van der Waals surface area (Å²) in [5.41, 5.74) is 9.30. The quantitative estimate of drug-likeness (QED) is 0.885. The maximum Gasteiger partial charge on any atom is 0.0409 e. The molecule has 2 nitrogen and oxygen atoms in total. The number of benzene rings is 1. The molecule has 0 radical (unpaired) electrons. The summed E-state index contributed by atoms with van der Waals surface area (Å²) in [7, 11) is 0. The highest BCUT2D eigenvalue weighted by molar-refractivity contribution is 5.30. The number of hydrogen-bond donors (Lipinski definition) is 1. The van der Waals surface area contributed by atoms with Crippen LogP contribution in [0.4, 0.5) is 0 Å². The molecule has 1 aliphatic heterocycles. The van der Waals surface area contributed by atoms with Crippen LogP contribution in [0.3, 0.4) is 0 Å². The highest BCUT2D eigenvalue weighted by Crippen LogP contribution is 2.36. The number of nitrogens with zero attached hydrogens (tertiary/aromatic N) is 1. The lowest BCUT2D eigenvalue weighted by Gasteiger charge is -2.25. The fourth-order valence-electron chi connectivity index (χ4n) is 3.47. The SMILES string of the molecule is NC1(c2cccc(CN3CCCC3)c2)CCCC1. The first-order valence-electron chi connectivity index (χ1n) is 7.37. The lowest BCUT2D eigenvalue weighted by molar-refractivity contribution is 0.331. The van der Waals surface area contributed by atoms with Crippen molar-refractivity contribution in [2.24, 2.45) is 5.73 Å². The van der Waals surface area contributed by atoms with E-state index in [1.807, 2.05) is 0 Å². The zero-order chi connectivity index (χ0) is 12.4. The highest BCUT2D eigenvalue weighted by Gasteiger charge is 2.31. The third-order valence-corrected chi connectivity index (χ3v) is 4.60. The summed E-state index contributed by atoms with van der Waals surface area (Å²) >= 11 is 0. The van der Waals surface area contributed by atoms with Crippen molar-refractivity contribution in [3.63, 3.8) is 0 Å². The van der Waals surface area contributed by atoms with Crippen LogP contribution >= 0.6 is 0 Å². The molecule has 2 aliphatic rings. The smallest absolute Gasteiger partial charge is 0.0409 e. The van der Waals surface area contributed by atoms with Crippen LogP contribution in [0, 0.1) is 0 Å². The van der Waals surface area contributed by atoms with Gasteiger partial charge in [-0.3, -0.25) is 4.90 Å². The molecule has 2 N–H and O–H groups in total. The molecular formula is C16H24N2. The molecule has 3 rings (SSSR count). The first-order chi connectivity index (χ1) is 8.76. The number of likely N-dealkylation sites (tertiary alicyclic amines) is 1. The van der Waals surface area contributed by atoms with Crippen LogP contribution in [0.25, 0.3) is 0 Å². The van der Waals surface area contributed by atoms with Crippen LogP contribution < -0.4 is 5.73 Å². The largest absolute Gasteiger partial charge is 0.321 e. The van der Waals surface area contributed by atoms with Crippen molar-refractivity contribution in [1.29, 1.82) is 0 Å². The minimum atomic E-state index is -0.0407. The van der Waals surface area contributed by atoms with Gasteiger partial charge in [0.15, 0.2) is 0 Å². The van der Waals surface area contributed by atoms with Crippen molar-refractivity contribution in [3.8, 4) is 0 Å². The fourth-order valence-corrected chi connectivity index (χ4v) is 3.47. The Bertz CT molecular complexity index is 401. The van der Waals surface area contributed by atoms with Gasteiger partial charge in [0.1, 0.15) is 0 Å². The van der Waals surface area contributed by atoms with E-state index in [0.29, 0.717) is 0 Å². The number of hydrogen-bond acceptors (Lipinski definition) is 2. The van der Waals surface area contributed by atoms with Gasteiger partial charge in [0.25, 0.3) is 0 Å². The van der Waals surface area contributed by atoms with Crippen LogP contribution in [-0.2, 0) is 12.1 Å². The Morgan fingerprint density at radius 2 is 1.78 bits per heavy atom. The Hall–Kier alpha value is -0.860. The molecule has 0 spiro atoms. The average Bonchev–Trinajstić information content (AvgIpc) is 3.02. The predicted molar refractivity (Wildman–Crippen MR) is 75.3 cm³/mol. The molecule has 0 aromatic heterocycles. The molecule has 1 aromatic rings.